The Morgan fingerprint density at radius 2 is 2.29 bits per heavy atom. The third-order valence-corrected chi connectivity index (χ3v) is 3.89. The van der Waals surface area contributed by atoms with Crippen molar-refractivity contribution in [3.63, 3.8) is 0 Å². The van der Waals surface area contributed by atoms with Crippen LogP contribution in [-0.4, -0.2) is 52.3 Å². The van der Waals surface area contributed by atoms with Crippen LogP contribution in [0.3, 0.4) is 0 Å². The van der Waals surface area contributed by atoms with Gasteiger partial charge in [-0.25, -0.2) is 9.50 Å². The molecule has 0 aromatic carbocycles. The van der Waals surface area contributed by atoms with Crippen LogP contribution in [0.5, 0.6) is 0 Å². The topological polar surface area (TPSA) is 71.8 Å². The summed E-state index contributed by atoms with van der Waals surface area (Å²) in [4.78, 5) is 18.7. The van der Waals surface area contributed by atoms with E-state index in [-0.39, 0.29) is 5.91 Å². The highest BCUT2D eigenvalue weighted by molar-refractivity contribution is 5.82. The number of anilines is 1. The summed E-state index contributed by atoms with van der Waals surface area (Å²) >= 11 is 0. The number of amides is 1. The number of ether oxygens (including phenoxy) is 1. The molecule has 0 radical (unpaired) electrons. The minimum atomic E-state index is -0.427. The van der Waals surface area contributed by atoms with Crippen LogP contribution in [0.4, 0.5) is 5.82 Å². The lowest BCUT2D eigenvalue weighted by molar-refractivity contribution is -0.133. The lowest BCUT2D eigenvalue weighted by Gasteiger charge is -2.33. The Labute approximate surface area is 121 Å². The number of morpholine rings is 1. The van der Waals surface area contributed by atoms with Gasteiger partial charge in [0.2, 0.25) is 0 Å². The number of carbonyl (C=O) groups excluding carboxylic acids is 1. The van der Waals surface area contributed by atoms with E-state index < -0.39 is 6.10 Å². The van der Waals surface area contributed by atoms with Crippen LogP contribution < -0.4 is 10.2 Å². The molecule has 1 saturated heterocycles. The molecule has 1 aliphatic carbocycles. The molecule has 3 heterocycles. The summed E-state index contributed by atoms with van der Waals surface area (Å²) in [6.45, 7) is 1.78. The number of nitrogens with zero attached hydrogens (tertiary/aromatic N) is 4. The Kier molecular flexibility index (Phi) is 2.99. The van der Waals surface area contributed by atoms with Crippen LogP contribution in [0.25, 0.3) is 5.52 Å². The molecule has 2 aromatic rings. The first-order valence-electron chi connectivity index (χ1n) is 7.26. The summed E-state index contributed by atoms with van der Waals surface area (Å²) in [6.07, 6.45) is 7.03. The molecule has 21 heavy (non-hydrogen) atoms. The molecular weight excluding hydrogens is 270 g/mol. The maximum atomic E-state index is 12.1. The zero-order valence-corrected chi connectivity index (χ0v) is 11.6. The normalized spacial score (nSPS) is 22.5. The van der Waals surface area contributed by atoms with Gasteiger partial charge in [-0.2, -0.15) is 5.10 Å². The highest BCUT2D eigenvalue weighted by Crippen LogP contribution is 2.22. The predicted molar refractivity (Wildman–Crippen MR) is 76.1 cm³/mol. The number of hydrogen-bond acceptors (Lipinski definition) is 5. The molecule has 1 atom stereocenters. The largest absolute Gasteiger partial charge is 0.365 e. The average molecular weight is 287 g/mol. The van der Waals surface area contributed by atoms with Crippen molar-refractivity contribution >= 4 is 17.2 Å². The first kappa shape index (κ1) is 12.6. The molecule has 7 heteroatoms. The van der Waals surface area contributed by atoms with Crippen molar-refractivity contribution in [3.8, 4) is 0 Å². The van der Waals surface area contributed by atoms with Crippen molar-refractivity contribution in [2.24, 2.45) is 0 Å². The summed E-state index contributed by atoms with van der Waals surface area (Å²) < 4.78 is 7.40. The van der Waals surface area contributed by atoms with Gasteiger partial charge in [0, 0.05) is 25.0 Å². The predicted octanol–water partition coefficient (Wildman–Crippen LogP) is 0.213. The van der Waals surface area contributed by atoms with Gasteiger partial charge in [-0.15, -0.1) is 0 Å². The number of fused-ring (bicyclic) bond motifs is 1. The summed E-state index contributed by atoms with van der Waals surface area (Å²) in [6, 6.07) is 2.28. The number of carbonyl (C=O) groups is 1. The third-order valence-electron chi connectivity index (χ3n) is 3.89. The van der Waals surface area contributed by atoms with E-state index in [1.807, 2.05) is 12.3 Å². The second-order valence-electron chi connectivity index (χ2n) is 5.50. The van der Waals surface area contributed by atoms with Gasteiger partial charge in [-0.1, -0.05) is 0 Å². The van der Waals surface area contributed by atoms with Crippen LogP contribution in [0.1, 0.15) is 12.8 Å². The number of rotatable bonds is 3. The maximum absolute atomic E-state index is 12.1. The standard InChI is InChI=1S/C14H17N5O2/c20-14(17-10-1-2-10)12-9-18(7-8-21-12)13-11-3-4-16-19(11)6-5-15-13/h3-6,10,12H,1-2,7-9H2,(H,17,20). The monoisotopic (exact) mass is 287 g/mol. The van der Waals surface area contributed by atoms with Gasteiger partial charge in [0.05, 0.1) is 19.3 Å². The van der Waals surface area contributed by atoms with Crippen molar-refractivity contribution in [2.75, 3.05) is 24.6 Å². The fourth-order valence-electron chi connectivity index (χ4n) is 2.61. The summed E-state index contributed by atoms with van der Waals surface area (Å²) in [7, 11) is 0. The average Bonchev–Trinajstić information content (AvgIpc) is 3.20. The van der Waals surface area contributed by atoms with E-state index in [9.17, 15) is 4.79 Å². The second kappa shape index (κ2) is 5.00. The summed E-state index contributed by atoms with van der Waals surface area (Å²) in [5.74, 6) is 0.838. The maximum Gasteiger partial charge on any atom is 0.251 e. The third kappa shape index (κ3) is 2.44. The van der Waals surface area contributed by atoms with E-state index in [1.54, 1.807) is 16.9 Å². The molecule has 2 fully saturated rings. The van der Waals surface area contributed by atoms with Crippen molar-refractivity contribution < 1.29 is 9.53 Å². The van der Waals surface area contributed by atoms with Crippen LogP contribution in [0.15, 0.2) is 24.7 Å². The van der Waals surface area contributed by atoms with E-state index in [0.717, 1.165) is 30.7 Å². The molecule has 0 spiro atoms. The fraction of sp³-hybridized carbons (Fsp3) is 0.500. The molecule has 110 valence electrons. The number of aromatic nitrogens is 3. The fourth-order valence-corrected chi connectivity index (χ4v) is 2.61. The lowest BCUT2D eigenvalue weighted by atomic mass is 10.2. The quantitative estimate of drug-likeness (QED) is 0.874. The van der Waals surface area contributed by atoms with Crippen molar-refractivity contribution in [2.45, 2.75) is 25.0 Å². The van der Waals surface area contributed by atoms with Gasteiger partial charge in [-0.3, -0.25) is 4.79 Å². The number of hydrogen-bond donors (Lipinski definition) is 1. The SMILES string of the molecule is O=C(NC1CC1)C1CN(c2nccn3nccc23)CCO1. The van der Waals surface area contributed by atoms with Crippen molar-refractivity contribution in [1.82, 2.24) is 19.9 Å². The Hall–Kier alpha value is -2.15. The molecule has 1 saturated carbocycles. The van der Waals surface area contributed by atoms with Gasteiger partial charge in [-0.05, 0) is 18.9 Å². The molecule has 0 bridgehead atoms. The van der Waals surface area contributed by atoms with E-state index in [4.69, 9.17) is 4.74 Å². The number of nitrogens with one attached hydrogen (secondary N) is 1. The zero-order chi connectivity index (χ0) is 14.2. The van der Waals surface area contributed by atoms with Crippen LogP contribution >= 0.6 is 0 Å². The van der Waals surface area contributed by atoms with Crippen molar-refractivity contribution in [1.29, 1.82) is 0 Å². The van der Waals surface area contributed by atoms with Crippen LogP contribution in [0.2, 0.25) is 0 Å². The van der Waals surface area contributed by atoms with E-state index in [0.29, 0.717) is 19.2 Å². The van der Waals surface area contributed by atoms with Gasteiger partial charge < -0.3 is 15.0 Å². The van der Waals surface area contributed by atoms with E-state index >= 15 is 0 Å². The molecule has 4 rings (SSSR count). The smallest absolute Gasteiger partial charge is 0.251 e. The Morgan fingerprint density at radius 3 is 3.14 bits per heavy atom. The van der Waals surface area contributed by atoms with Crippen molar-refractivity contribution in [3.05, 3.63) is 24.7 Å². The highest BCUT2D eigenvalue weighted by atomic mass is 16.5. The first-order chi connectivity index (χ1) is 10.3. The van der Waals surface area contributed by atoms with E-state index in [1.165, 1.54) is 0 Å². The Bertz CT molecular complexity index is 666. The van der Waals surface area contributed by atoms with Crippen LogP contribution in [0, 0.1) is 0 Å². The molecule has 1 aliphatic heterocycles. The minimum Gasteiger partial charge on any atom is -0.365 e. The molecule has 1 amide bonds. The molecule has 1 N–H and O–H groups in total. The van der Waals surface area contributed by atoms with Gasteiger partial charge in [0.25, 0.3) is 5.91 Å². The van der Waals surface area contributed by atoms with Gasteiger partial charge >= 0.3 is 0 Å². The highest BCUT2D eigenvalue weighted by Gasteiger charge is 2.32. The van der Waals surface area contributed by atoms with E-state index in [2.05, 4.69) is 20.3 Å². The molecule has 2 aromatic heterocycles. The molecular formula is C14H17N5O2. The second-order valence-corrected chi connectivity index (χ2v) is 5.50. The summed E-state index contributed by atoms with van der Waals surface area (Å²) in [5, 5.41) is 7.21. The summed E-state index contributed by atoms with van der Waals surface area (Å²) in [5.41, 5.74) is 0.945. The van der Waals surface area contributed by atoms with Gasteiger partial charge in [0.15, 0.2) is 11.9 Å². The Morgan fingerprint density at radius 1 is 1.38 bits per heavy atom. The first-order valence-corrected chi connectivity index (χ1v) is 7.26. The minimum absolute atomic E-state index is 0.0114. The lowest BCUT2D eigenvalue weighted by Crippen LogP contribution is -2.50. The van der Waals surface area contributed by atoms with Gasteiger partial charge in [0.1, 0.15) is 5.52 Å². The van der Waals surface area contributed by atoms with Crippen LogP contribution in [-0.2, 0) is 9.53 Å². The zero-order valence-electron chi connectivity index (χ0n) is 11.6. The molecule has 7 nitrogen and oxygen atoms in total. The molecule has 2 aliphatic rings. The Balaban J connectivity index is 1.54. The molecule has 1 unspecified atom stereocenters.